The number of nitrogens with one attached hydrogen (secondary N) is 4. The van der Waals surface area contributed by atoms with Gasteiger partial charge in [-0.3, -0.25) is 33.3 Å². The van der Waals surface area contributed by atoms with Gasteiger partial charge in [-0.25, -0.2) is 0 Å². The molecule has 4 fully saturated rings. The standard InChI is InChI=1S/C42H46N6O6/c1-26(49)47-25-30(32-14-8-9-15-36(32)47)21-34(44-38(51)22-35-42(54)48-31-18-16-29(17-19-31)39(48)41(53)46-35)40(52)45-33(20-27-10-4-2-5-11-27)37(50)24-43-23-28-12-6-3-7-13-28/h2-15,25,29,31,33-35,39,43H,16-24H2,1H3,(H,44,51)(H,45,52)(H,46,53)/t29?,31?,33-,34+,35-,39-/m0/s1. The maximum absolute atomic E-state index is 14.3. The molecule has 0 unspecified atom stereocenters. The number of hydrogen-bond acceptors (Lipinski definition) is 7. The zero-order valence-corrected chi connectivity index (χ0v) is 30.3. The van der Waals surface area contributed by atoms with E-state index in [1.807, 2.05) is 84.9 Å². The van der Waals surface area contributed by atoms with Crippen molar-refractivity contribution in [3.63, 3.8) is 0 Å². The predicted molar refractivity (Wildman–Crippen MR) is 202 cm³/mol. The zero-order valence-electron chi connectivity index (χ0n) is 30.3. The number of ketones is 1. The van der Waals surface area contributed by atoms with Gasteiger partial charge in [-0.2, -0.15) is 0 Å². The lowest BCUT2D eigenvalue weighted by atomic mass is 9.73. The third-order valence-corrected chi connectivity index (χ3v) is 11.1. The molecule has 2 bridgehead atoms. The van der Waals surface area contributed by atoms with Crippen molar-refractivity contribution >= 4 is 46.2 Å². The highest BCUT2D eigenvalue weighted by Gasteiger charge is 2.52. The molecule has 4 atom stereocenters. The summed E-state index contributed by atoms with van der Waals surface area (Å²) in [6.45, 7) is 1.91. The molecular formula is C42H46N6O6. The Balaban J connectivity index is 1.12. The van der Waals surface area contributed by atoms with Crippen molar-refractivity contribution in [1.29, 1.82) is 0 Å². The number of piperazine rings is 1. The van der Waals surface area contributed by atoms with Gasteiger partial charge in [0.1, 0.15) is 18.1 Å². The van der Waals surface area contributed by atoms with Gasteiger partial charge < -0.3 is 26.2 Å². The molecule has 4 heterocycles. The highest BCUT2D eigenvalue weighted by atomic mass is 16.2. The molecule has 3 aromatic carbocycles. The molecule has 1 aromatic heterocycles. The monoisotopic (exact) mass is 730 g/mol. The number of rotatable bonds is 14. The minimum atomic E-state index is -1.18. The van der Waals surface area contributed by atoms with E-state index in [4.69, 9.17) is 0 Å². The molecule has 4 aliphatic rings. The number of nitrogens with zero attached hydrogens (tertiary/aromatic N) is 2. The summed E-state index contributed by atoms with van der Waals surface area (Å²) in [5.74, 6) is -2.02. The molecule has 8 rings (SSSR count). The maximum Gasteiger partial charge on any atom is 0.246 e. The van der Waals surface area contributed by atoms with Gasteiger partial charge in [0.05, 0.1) is 24.5 Å². The van der Waals surface area contributed by atoms with Gasteiger partial charge in [0.15, 0.2) is 5.78 Å². The van der Waals surface area contributed by atoms with Crippen molar-refractivity contribution in [2.75, 3.05) is 6.54 Å². The summed E-state index contributed by atoms with van der Waals surface area (Å²) in [5.41, 5.74) is 3.16. The molecule has 0 radical (unpaired) electrons. The minimum absolute atomic E-state index is 0.000202. The van der Waals surface area contributed by atoms with Crippen LogP contribution in [-0.4, -0.2) is 81.5 Å². The Labute approximate surface area is 314 Å². The highest BCUT2D eigenvalue weighted by Crippen LogP contribution is 2.41. The molecule has 1 saturated carbocycles. The summed E-state index contributed by atoms with van der Waals surface area (Å²) in [6, 6.07) is 22.7. The van der Waals surface area contributed by atoms with Crippen LogP contribution in [0.5, 0.6) is 0 Å². The molecular weight excluding hydrogens is 684 g/mol. The summed E-state index contributed by atoms with van der Waals surface area (Å²) >= 11 is 0. The van der Waals surface area contributed by atoms with Crippen molar-refractivity contribution in [1.82, 2.24) is 30.7 Å². The number of carbonyl (C=O) groups excluding carboxylic acids is 6. The Kier molecular flexibility index (Phi) is 11.0. The fourth-order valence-corrected chi connectivity index (χ4v) is 8.40. The molecule has 3 aliphatic heterocycles. The van der Waals surface area contributed by atoms with Crippen LogP contribution in [-0.2, 0) is 43.4 Å². The number of para-hydroxylation sites is 1. The fraction of sp³-hybridized carbons (Fsp3) is 0.381. The largest absolute Gasteiger partial charge is 0.344 e. The Morgan fingerprint density at radius 3 is 2.17 bits per heavy atom. The van der Waals surface area contributed by atoms with E-state index in [9.17, 15) is 28.8 Å². The van der Waals surface area contributed by atoms with Crippen LogP contribution in [0.25, 0.3) is 10.9 Å². The normalized spacial score (nSPS) is 21.5. The third-order valence-electron chi connectivity index (χ3n) is 11.1. The van der Waals surface area contributed by atoms with Crippen LogP contribution in [0.1, 0.15) is 60.5 Å². The summed E-state index contributed by atoms with van der Waals surface area (Å²) in [4.78, 5) is 83.1. The van der Waals surface area contributed by atoms with E-state index in [0.717, 1.165) is 42.2 Å². The van der Waals surface area contributed by atoms with Gasteiger partial charge in [-0.1, -0.05) is 78.9 Å². The molecule has 0 spiro atoms. The molecule has 4 amide bonds. The number of amides is 4. The summed E-state index contributed by atoms with van der Waals surface area (Å²) in [7, 11) is 0. The molecule has 1 aliphatic carbocycles. The molecule has 3 saturated heterocycles. The maximum atomic E-state index is 14.3. The first-order valence-electron chi connectivity index (χ1n) is 18.8. The van der Waals surface area contributed by atoms with Crippen LogP contribution in [0, 0.1) is 5.92 Å². The van der Waals surface area contributed by atoms with Gasteiger partial charge >= 0.3 is 0 Å². The number of benzene rings is 3. The Bertz CT molecular complexity index is 2040. The SMILES string of the molecule is CC(=O)n1cc(C[C@@H](NC(=O)C[C@@H]2NC(=O)[C@@H]3C4CCC(CC4)N3C2=O)C(=O)N[C@@H](Cc2ccccc2)C(=O)CNCc2ccccc2)c2ccccc21. The second-order valence-electron chi connectivity index (χ2n) is 14.7. The third kappa shape index (κ3) is 7.98. The van der Waals surface area contributed by atoms with Gasteiger partial charge in [0, 0.05) is 37.5 Å². The van der Waals surface area contributed by atoms with Crippen LogP contribution in [0.2, 0.25) is 0 Å². The second-order valence-corrected chi connectivity index (χ2v) is 14.7. The summed E-state index contributed by atoms with van der Waals surface area (Å²) < 4.78 is 1.50. The molecule has 54 heavy (non-hydrogen) atoms. The van der Waals surface area contributed by atoms with Crippen molar-refractivity contribution in [2.45, 2.75) is 88.6 Å². The average Bonchev–Trinajstić information content (AvgIpc) is 3.56. The van der Waals surface area contributed by atoms with Crippen LogP contribution in [0.3, 0.4) is 0 Å². The van der Waals surface area contributed by atoms with E-state index >= 15 is 0 Å². The van der Waals surface area contributed by atoms with Gasteiger partial charge in [0.25, 0.3) is 0 Å². The smallest absolute Gasteiger partial charge is 0.246 e. The number of hydrogen-bond donors (Lipinski definition) is 4. The number of fused-ring (bicyclic) bond motifs is 3. The van der Waals surface area contributed by atoms with Crippen molar-refractivity contribution in [3.8, 4) is 0 Å². The lowest BCUT2D eigenvalue weighted by Gasteiger charge is -2.53. The second kappa shape index (κ2) is 16.2. The number of aromatic nitrogens is 1. The van der Waals surface area contributed by atoms with Crippen LogP contribution in [0.15, 0.2) is 91.1 Å². The molecule has 4 aromatic rings. The van der Waals surface area contributed by atoms with E-state index in [2.05, 4.69) is 21.3 Å². The number of carbonyl (C=O) groups is 6. The Morgan fingerprint density at radius 1 is 0.796 bits per heavy atom. The zero-order chi connectivity index (χ0) is 37.8. The van der Waals surface area contributed by atoms with Crippen LogP contribution >= 0.6 is 0 Å². The van der Waals surface area contributed by atoms with Crippen LogP contribution in [0.4, 0.5) is 0 Å². The first kappa shape index (κ1) is 36.7. The molecule has 280 valence electrons. The average molecular weight is 731 g/mol. The Hall–Kier alpha value is -5.62. The lowest BCUT2D eigenvalue weighted by Crippen LogP contribution is -2.71. The van der Waals surface area contributed by atoms with Gasteiger partial charge in [-0.15, -0.1) is 0 Å². The first-order chi connectivity index (χ1) is 26.2. The first-order valence-corrected chi connectivity index (χ1v) is 18.8. The predicted octanol–water partition coefficient (Wildman–Crippen LogP) is 3.07. The number of piperidine rings is 2. The van der Waals surface area contributed by atoms with E-state index in [-0.39, 0.29) is 61.3 Å². The van der Waals surface area contributed by atoms with E-state index in [0.29, 0.717) is 17.6 Å². The van der Waals surface area contributed by atoms with Crippen molar-refractivity contribution in [3.05, 3.63) is 108 Å². The van der Waals surface area contributed by atoms with Gasteiger partial charge in [-0.05, 0) is 60.8 Å². The molecule has 12 nitrogen and oxygen atoms in total. The highest BCUT2D eigenvalue weighted by molar-refractivity contribution is 6.01. The van der Waals surface area contributed by atoms with Crippen LogP contribution < -0.4 is 21.3 Å². The minimum Gasteiger partial charge on any atom is -0.344 e. The van der Waals surface area contributed by atoms with Gasteiger partial charge in [0.2, 0.25) is 29.5 Å². The lowest BCUT2D eigenvalue weighted by molar-refractivity contribution is -0.163. The van der Waals surface area contributed by atoms with E-state index < -0.39 is 36.0 Å². The quantitative estimate of drug-likeness (QED) is 0.155. The van der Waals surface area contributed by atoms with E-state index in [1.165, 1.54) is 11.5 Å². The summed E-state index contributed by atoms with van der Waals surface area (Å²) in [5, 5.41) is 12.5. The van der Waals surface area contributed by atoms with E-state index in [1.54, 1.807) is 11.1 Å². The fourth-order valence-electron chi connectivity index (χ4n) is 8.40. The molecule has 4 N–H and O–H groups in total. The summed E-state index contributed by atoms with van der Waals surface area (Å²) in [6.07, 6.45) is 5.05. The van der Waals surface area contributed by atoms with Crippen molar-refractivity contribution < 1.29 is 28.8 Å². The topological polar surface area (TPSA) is 159 Å². The molecule has 12 heteroatoms. The number of Topliss-reactive ketones (excluding diaryl/α,β-unsaturated/α-hetero) is 1. The van der Waals surface area contributed by atoms with Crippen molar-refractivity contribution in [2.24, 2.45) is 5.92 Å². The Morgan fingerprint density at radius 2 is 1.46 bits per heavy atom.